The molecule has 0 aromatic heterocycles. The standard InChI is InChI=1S/C22H36BFN2O3/c1-20(2,3)28-19(27)26(11-10-25(8)9)18-13-16(12-17(24)14-18)23-15-21(4,5)22(6,7)29-23/h12-14H,10-11,15H2,1-9H3. The summed E-state index contributed by atoms with van der Waals surface area (Å²) < 4.78 is 26.4. The van der Waals surface area contributed by atoms with Gasteiger partial charge in [-0.3, -0.25) is 4.90 Å². The van der Waals surface area contributed by atoms with Crippen molar-refractivity contribution in [1.29, 1.82) is 0 Å². The first-order valence-electron chi connectivity index (χ1n) is 10.2. The molecule has 7 heteroatoms. The molecule has 1 fully saturated rings. The largest absolute Gasteiger partial charge is 0.443 e. The second kappa shape index (κ2) is 8.27. The van der Waals surface area contributed by atoms with Crippen LogP contribution in [0.15, 0.2) is 18.2 Å². The smallest absolute Gasteiger partial charge is 0.414 e. The minimum atomic E-state index is -0.633. The van der Waals surface area contributed by atoms with Gasteiger partial charge in [-0.25, -0.2) is 9.18 Å². The van der Waals surface area contributed by atoms with Gasteiger partial charge in [-0.15, -0.1) is 0 Å². The van der Waals surface area contributed by atoms with E-state index in [2.05, 4.69) is 27.7 Å². The number of anilines is 1. The number of hydrogen-bond donors (Lipinski definition) is 0. The van der Waals surface area contributed by atoms with Gasteiger partial charge in [0, 0.05) is 18.8 Å². The Kier molecular flexibility index (Phi) is 6.75. The van der Waals surface area contributed by atoms with Crippen LogP contribution in [-0.2, 0) is 9.39 Å². The monoisotopic (exact) mass is 406 g/mol. The lowest BCUT2D eigenvalue weighted by atomic mass is 9.54. The molecule has 0 spiro atoms. The number of amides is 1. The minimum Gasteiger partial charge on any atom is -0.443 e. The molecule has 1 saturated heterocycles. The molecule has 29 heavy (non-hydrogen) atoms. The number of likely N-dealkylation sites (N-methyl/N-ethyl adjacent to an activating group) is 1. The maximum Gasteiger partial charge on any atom is 0.414 e. The minimum absolute atomic E-state index is 0.0417. The molecule has 1 aromatic carbocycles. The van der Waals surface area contributed by atoms with Crippen LogP contribution < -0.4 is 10.4 Å². The highest BCUT2D eigenvalue weighted by molar-refractivity contribution is 6.68. The fourth-order valence-corrected chi connectivity index (χ4v) is 3.33. The van der Waals surface area contributed by atoms with Crippen molar-refractivity contribution in [1.82, 2.24) is 4.90 Å². The van der Waals surface area contributed by atoms with Crippen molar-refractivity contribution >= 4 is 24.2 Å². The number of hydrogen-bond acceptors (Lipinski definition) is 4. The fourth-order valence-electron chi connectivity index (χ4n) is 3.33. The number of carbonyl (C=O) groups is 1. The summed E-state index contributed by atoms with van der Waals surface area (Å²) >= 11 is 0. The van der Waals surface area contributed by atoms with Gasteiger partial charge in [-0.1, -0.05) is 13.8 Å². The number of ether oxygens (including phenoxy) is 1. The lowest BCUT2D eigenvalue weighted by molar-refractivity contribution is 0.0375. The molecule has 1 aliphatic rings. The lowest BCUT2D eigenvalue weighted by Gasteiger charge is -2.34. The molecule has 0 saturated carbocycles. The van der Waals surface area contributed by atoms with Crippen molar-refractivity contribution in [2.24, 2.45) is 5.41 Å². The first kappa shape index (κ1) is 23.7. The predicted octanol–water partition coefficient (Wildman–Crippen LogP) is 4.16. The van der Waals surface area contributed by atoms with Gasteiger partial charge in [0.2, 0.25) is 0 Å². The topological polar surface area (TPSA) is 42.0 Å². The molecule has 5 nitrogen and oxygen atoms in total. The molecule has 0 aliphatic carbocycles. The Morgan fingerprint density at radius 1 is 1.17 bits per heavy atom. The van der Waals surface area contributed by atoms with Crippen LogP contribution in [-0.4, -0.2) is 56.3 Å². The third-order valence-electron chi connectivity index (χ3n) is 5.74. The Morgan fingerprint density at radius 3 is 2.28 bits per heavy atom. The number of halogens is 1. The summed E-state index contributed by atoms with van der Waals surface area (Å²) in [5, 5.41) is 0. The third-order valence-corrected chi connectivity index (χ3v) is 5.74. The molecular formula is C22H36BFN2O3. The van der Waals surface area contributed by atoms with Crippen LogP contribution in [0.5, 0.6) is 0 Å². The molecule has 0 unspecified atom stereocenters. The van der Waals surface area contributed by atoms with Crippen LogP contribution in [0.2, 0.25) is 6.32 Å². The number of carbonyl (C=O) groups excluding carboxylic acids is 1. The van der Waals surface area contributed by atoms with Crippen molar-refractivity contribution < 1.29 is 18.6 Å². The number of nitrogens with zero attached hydrogens (tertiary/aromatic N) is 2. The summed E-state index contributed by atoms with van der Waals surface area (Å²) in [4.78, 5) is 16.3. The van der Waals surface area contributed by atoms with Crippen LogP contribution in [0, 0.1) is 11.2 Å². The Morgan fingerprint density at radius 2 is 1.79 bits per heavy atom. The number of benzene rings is 1. The molecular weight excluding hydrogens is 370 g/mol. The van der Waals surface area contributed by atoms with Gasteiger partial charge in [0.15, 0.2) is 0 Å². The third kappa shape index (κ3) is 5.95. The molecule has 0 N–H and O–H groups in total. The highest BCUT2D eigenvalue weighted by Gasteiger charge is 2.50. The van der Waals surface area contributed by atoms with Crippen molar-refractivity contribution in [2.75, 3.05) is 32.1 Å². The van der Waals surface area contributed by atoms with E-state index in [1.54, 1.807) is 0 Å². The Bertz CT molecular complexity index is 728. The second-order valence-corrected chi connectivity index (χ2v) is 10.4. The quantitative estimate of drug-likeness (QED) is 0.689. The average molecular weight is 406 g/mol. The van der Waals surface area contributed by atoms with Crippen LogP contribution in [0.25, 0.3) is 0 Å². The maximum absolute atomic E-state index is 14.6. The zero-order valence-corrected chi connectivity index (χ0v) is 19.4. The summed E-state index contributed by atoms with van der Waals surface area (Å²) in [6.07, 6.45) is 0.302. The normalized spacial score (nSPS) is 18.2. The van der Waals surface area contributed by atoms with E-state index in [1.807, 2.05) is 45.8 Å². The molecule has 1 aromatic rings. The summed E-state index contributed by atoms with van der Waals surface area (Å²) in [5.41, 5.74) is 0.241. The van der Waals surface area contributed by atoms with Crippen molar-refractivity contribution in [3.05, 3.63) is 24.0 Å². The fraction of sp³-hybridized carbons (Fsp3) is 0.682. The first-order chi connectivity index (χ1) is 13.1. The average Bonchev–Trinajstić information content (AvgIpc) is 2.73. The van der Waals surface area contributed by atoms with Crippen LogP contribution in [0.4, 0.5) is 14.9 Å². The Balaban J connectivity index is 2.38. The van der Waals surface area contributed by atoms with E-state index >= 15 is 0 Å². The zero-order valence-electron chi connectivity index (χ0n) is 19.4. The van der Waals surface area contributed by atoms with Crippen molar-refractivity contribution in [3.63, 3.8) is 0 Å². The van der Waals surface area contributed by atoms with E-state index in [0.29, 0.717) is 18.8 Å². The van der Waals surface area contributed by atoms with Gasteiger partial charge in [-0.05, 0) is 84.1 Å². The molecule has 0 atom stereocenters. The molecule has 1 aliphatic heterocycles. The van der Waals surface area contributed by atoms with E-state index in [9.17, 15) is 9.18 Å². The molecule has 162 valence electrons. The van der Waals surface area contributed by atoms with Crippen LogP contribution >= 0.6 is 0 Å². The van der Waals surface area contributed by atoms with Gasteiger partial charge in [-0.2, -0.15) is 0 Å². The van der Waals surface area contributed by atoms with Crippen molar-refractivity contribution in [2.45, 2.75) is 66.0 Å². The number of rotatable bonds is 5. The van der Waals surface area contributed by atoms with Gasteiger partial charge in [0.25, 0.3) is 0 Å². The van der Waals surface area contributed by atoms with Crippen LogP contribution in [0.3, 0.4) is 0 Å². The zero-order chi connectivity index (χ0) is 22.2. The van der Waals surface area contributed by atoms with Crippen LogP contribution in [0.1, 0.15) is 48.5 Å². The van der Waals surface area contributed by atoms with Crippen molar-refractivity contribution in [3.8, 4) is 0 Å². The Labute approximate surface area is 175 Å². The summed E-state index contributed by atoms with van der Waals surface area (Å²) in [7, 11) is 3.86. The van der Waals surface area contributed by atoms with E-state index in [4.69, 9.17) is 9.39 Å². The maximum atomic E-state index is 14.6. The SMILES string of the molecule is CN(C)CCN(C(=O)OC(C)(C)C)c1cc(F)cc(B2CC(C)(C)C(C)(C)O2)c1. The Hall–Kier alpha value is -1.60. The van der Waals surface area contributed by atoms with Gasteiger partial charge in [0.1, 0.15) is 11.4 Å². The van der Waals surface area contributed by atoms with E-state index in [0.717, 1.165) is 11.8 Å². The summed E-state index contributed by atoms with van der Waals surface area (Å²) in [5.74, 6) is -0.387. The molecule has 0 bridgehead atoms. The van der Waals surface area contributed by atoms with E-state index in [1.165, 1.54) is 17.0 Å². The summed E-state index contributed by atoms with van der Waals surface area (Å²) in [6.45, 7) is 14.7. The van der Waals surface area contributed by atoms with Gasteiger partial charge in [0.05, 0.1) is 5.60 Å². The predicted molar refractivity (Wildman–Crippen MR) is 118 cm³/mol. The molecule has 1 amide bonds. The lowest BCUT2D eigenvalue weighted by Crippen LogP contribution is -2.41. The van der Waals surface area contributed by atoms with E-state index in [-0.39, 0.29) is 23.7 Å². The summed E-state index contributed by atoms with van der Waals surface area (Å²) in [6, 6.07) is 4.74. The first-order valence-corrected chi connectivity index (χ1v) is 10.2. The van der Waals surface area contributed by atoms with E-state index < -0.39 is 11.7 Å². The molecule has 2 rings (SSSR count). The highest BCUT2D eigenvalue weighted by atomic mass is 19.1. The second-order valence-electron chi connectivity index (χ2n) is 10.4. The molecule has 1 heterocycles. The van der Waals surface area contributed by atoms with Gasteiger partial charge < -0.3 is 14.3 Å². The highest BCUT2D eigenvalue weighted by Crippen LogP contribution is 2.45. The molecule has 0 radical (unpaired) electrons. The van der Waals surface area contributed by atoms with Gasteiger partial charge >= 0.3 is 13.0 Å².